The normalized spacial score (nSPS) is 16.2. The number of carbonyl (C=O) groups is 1. The second-order valence-corrected chi connectivity index (χ2v) is 3.80. The molecule has 1 amide bonds. The molecule has 2 rings (SSSR count). The summed E-state index contributed by atoms with van der Waals surface area (Å²) >= 11 is 0. The maximum atomic E-state index is 11.6. The quantitative estimate of drug-likeness (QED) is 0.725. The molecule has 0 bridgehead atoms. The molecule has 1 aromatic carbocycles. The van der Waals surface area contributed by atoms with Crippen molar-refractivity contribution in [2.24, 2.45) is 0 Å². The molecule has 15 heavy (non-hydrogen) atoms. The van der Waals surface area contributed by atoms with Crippen LogP contribution in [-0.2, 0) is 11.2 Å². The van der Waals surface area contributed by atoms with E-state index in [-0.39, 0.29) is 24.2 Å². The molecule has 0 aliphatic carbocycles. The van der Waals surface area contributed by atoms with Gasteiger partial charge in [-0.3, -0.25) is 4.79 Å². The van der Waals surface area contributed by atoms with Crippen molar-refractivity contribution >= 4 is 5.91 Å². The number of phenols is 1. The summed E-state index contributed by atoms with van der Waals surface area (Å²) < 4.78 is 0. The zero-order valence-electron chi connectivity index (χ0n) is 8.26. The van der Waals surface area contributed by atoms with E-state index in [0.717, 1.165) is 5.56 Å². The first-order chi connectivity index (χ1) is 7.15. The third-order valence-electron chi connectivity index (χ3n) is 2.48. The molecule has 0 spiro atoms. The average molecular weight is 207 g/mol. The van der Waals surface area contributed by atoms with E-state index in [1.165, 1.54) is 0 Å². The molecule has 0 saturated carbocycles. The van der Waals surface area contributed by atoms with Crippen LogP contribution in [0, 0.1) is 0 Å². The first-order valence-corrected chi connectivity index (χ1v) is 4.89. The molecule has 2 N–H and O–H groups in total. The van der Waals surface area contributed by atoms with Crippen molar-refractivity contribution in [2.45, 2.75) is 12.5 Å². The number of aliphatic hydroxyl groups is 1. The zero-order valence-corrected chi connectivity index (χ0v) is 8.26. The summed E-state index contributed by atoms with van der Waals surface area (Å²) in [7, 11) is 0. The fourth-order valence-electron chi connectivity index (χ4n) is 1.61. The van der Waals surface area contributed by atoms with Crippen LogP contribution in [0.4, 0.5) is 0 Å². The number of β-amino-alcohol motifs (C(OH)–C–C–N with tert-alkyl or cyclic N) is 1. The Labute approximate surface area is 87.8 Å². The molecule has 0 unspecified atom stereocenters. The van der Waals surface area contributed by atoms with Gasteiger partial charge in [0, 0.05) is 13.1 Å². The molecule has 1 fully saturated rings. The minimum atomic E-state index is -0.363. The van der Waals surface area contributed by atoms with E-state index in [4.69, 9.17) is 5.11 Å². The summed E-state index contributed by atoms with van der Waals surface area (Å²) in [5, 5.41) is 18.3. The molecule has 4 heteroatoms. The summed E-state index contributed by atoms with van der Waals surface area (Å²) in [5.74, 6) is 0.162. The largest absolute Gasteiger partial charge is 0.508 e. The van der Waals surface area contributed by atoms with Crippen molar-refractivity contribution in [3.05, 3.63) is 29.8 Å². The van der Waals surface area contributed by atoms with Crippen LogP contribution in [0.3, 0.4) is 0 Å². The summed E-state index contributed by atoms with van der Waals surface area (Å²) in [6.45, 7) is 0.856. The second-order valence-electron chi connectivity index (χ2n) is 3.80. The van der Waals surface area contributed by atoms with Crippen molar-refractivity contribution in [1.82, 2.24) is 4.90 Å². The highest BCUT2D eigenvalue weighted by Gasteiger charge is 2.28. The second kappa shape index (κ2) is 3.90. The summed E-state index contributed by atoms with van der Waals surface area (Å²) in [5.41, 5.74) is 0.793. The number of benzene rings is 1. The molecule has 1 aromatic rings. The number of nitrogens with zero attached hydrogens (tertiary/aromatic N) is 1. The van der Waals surface area contributed by atoms with Gasteiger partial charge in [0.15, 0.2) is 0 Å². The Bertz CT molecular complexity index is 372. The Morgan fingerprint density at radius 3 is 2.80 bits per heavy atom. The smallest absolute Gasteiger partial charge is 0.227 e. The van der Waals surface area contributed by atoms with Gasteiger partial charge in [-0.05, 0) is 17.7 Å². The number of phenolic OH excluding ortho intramolecular Hbond substituents is 1. The number of aliphatic hydroxyl groups excluding tert-OH is 1. The van der Waals surface area contributed by atoms with E-state index in [1.54, 1.807) is 29.2 Å². The van der Waals surface area contributed by atoms with Crippen LogP contribution in [0.15, 0.2) is 24.3 Å². The van der Waals surface area contributed by atoms with Crippen LogP contribution in [0.1, 0.15) is 5.56 Å². The fourth-order valence-corrected chi connectivity index (χ4v) is 1.61. The average Bonchev–Trinajstić information content (AvgIpc) is 2.13. The molecular weight excluding hydrogens is 194 g/mol. The van der Waals surface area contributed by atoms with E-state index in [1.807, 2.05) is 0 Å². The van der Waals surface area contributed by atoms with Crippen molar-refractivity contribution < 1.29 is 15.0 Å². The lowest BCUT2D eigenvalue weighted by atomic mass is 10.1. The van der Waals surface area contributed by atoms with Crippen LogP contribution >= 0.6 is 0 Å². The van der Waals surface area contributed by atoms with Gasteiger partial charge in [0.1, 0.15) is 5.75 Å². The lowest BCUT2D eigenvalue weighted by molar-refractivity contribution is -0.140. The molecular formula is C11H13NO3. The van der Waals surface area contributed by atoms with Gasteiger partial charge in [-0.1, -0.05) is 12.1 Å². The summed E-state index contributed by atoms with van der Waals surface area (Å²) in [4.78, 5) is 13.2. The van der Waals surface area contributed by atoms with Crippen LogP contribution < -0.4 is 0 Å². The van der Waals surface area contributed by atoms with Crippen LogP contribution in [0.25, 0.3) is 0 Å². The first-order valence-electron chi connectivity index (χ1n) is 4.89. The minimum Gasteiger partial charge on any atom is -0.508 e. The van der Waals surface area contributed by atoms with Crippen molar-refractivity contribution in [1.29, 1.82) is 0 Å². The van der Waals surface area contributed by atoms with Gasteiger partial charge in [-0.15, -0.1) is 0 Å². The monoisotopic (exact) mass is 207 g/mol. The molecule has 0 radical (unpaired) electrons. The Morgan fingerprint density at radius 2 is 2.20 bits per heavy atom. The summed E-state index contributed by atoms with van der Waals surface area (Å²) in [6, 6.07) is 6.66. The number of hydrogen-bond donors (Lipinski definition) is 2. The Balaban J connectivity index is 1.94. The molecule has 80 valence electrons. The van der Waals surface area contributed by atoms with Gasteiger partial charge in [0.25, 0.3) is 0 Å². The third-order valence-corrected chi connectivity index (χ3v) is 2.48. The van der Waals surface area contributed by atoms with E-state index >= 15 is 0 Å². The van der Waals surface area contributed by atoms with Crippen LogP contribution in [0.2, 0.25) is 0 Å². The predicted octanol–water partition coefficient (Wildman–Crippen LogP) is 0.138. The number of carbonyl (C=O) groups excluding carboxylic acids is 1. The molecule has 0 atom stereocenters. The minimum absolute atomic E-state index is 0.00843. The van der Waals surface area contributed by atoms with E-state index < -0.39 is 0 Å². The van der Waals surface area contributed by atoms with Crippen LogP contribution in [0.5, 0.6) is 5.75 Å². The van der Waals surface area contributed by atoms with Crippen molar-refractivity contribution in [3.8, 4) is 5.75 Å². The number of rotatable bonds is 2. The van der Waals surface area contributed by atoms with E-state index in [2.05, 4.69) is 0 Å². The predicted molar refractivity (Wildman–Crippen MR) is 54.4 cm³/mol. The van der Waals surface area contributed by atoms with Gasteiger partial charge in [-0.2, -0.15) is 0 Å². The standard InChI is InChI=1S/C11H13NO3/c13-9-3-1-2-8(4-9)5-11(15)12-6-10(14)7-12/h1-4,10,13-14H,5-7H2. The molecule has 1 aliphatic rings. The number of aromatic hydroxyl groups is 1. The van der Waals surface area contributed by atoms with Gasteiger partial charge in [0.05, 0.1) is 12.5 Å². The van der Waals surface area contributed by atoms with Gasteiger partial charge < -0.3 is 15.1 Å². The number of amides is 1. The molecule has 4 nitrogen and oxygen atoms in total. The van der Waals surface area contributed by atoms with Gasteiger partial charge in [-0.25, -0.2) is 0 Å². The van der Waals surface area contributed by atoms with Crippen molar-refractivity contribution in [3.63, 3.8) is 0 Å². The Kier molecular flexibility index (Phi) is 2.60. The van der Waals surface area contributed by atoms with Gasteiger partial charge >= 0.3 is 0 Å². The van der Waals surface area contributed by atoms with E-state index in [0.29, 0.717) is 13.1 Å². The first kappa shape index (κ1) is 9.98. The van der Waals surface area contributed by atoms with Crippen molar-refractivity contribution in [2.75, 3.05) is 13.1 Å². The van der Waals surface area contributed by atoms with Crippen LogP contribution in [-0.4, -0.2) is 40.2 Å². The third kappa shape index (κ3) is 2.27. The molecule has 0 aromatic heterocycles. The highest BCUT2D eigenvalue weighted by molar-refractivity contribution is 5.79. The molecule has 1 saturated heterocycles. The highest BCUT2D eigenvalue weighted by Crippen LogP contribution is 2.14. The topological polar surface area (TPSA) is 60.8 Å². The molecule has 1 aliphatic heterocycles. The fraction of sp³-hybridized carbons (Fsp3) is 0.364. The lowest BCUT2D eigenvalue weighted by Crippen LogP contribution is -2.53. The Morgan fingerprint density at radius 1 is 1.47 bits per heavy atom. The number of hydrogen-bond acceptors (Lipinski definition) is 3. The summed E-state index contributed by atoms with van der Waals surface area (Å²) in [6.07, 6.45) is -0.0840. The van der Waals surface area contributed by atoms with Gasteiger partial charge in [0.2, 0.25) is 5.91 Å². The maximum Gasteiger partial charge on any atom is 0.227 e. The SMILES string of the molecule is O=C(Cc1cccc(O)c1)N1CC(O)C1. The van der Waals surface area contributed by atoms with E-state index in [9.17, 15) is 9.90 Å². The number of likely N-dealkylation sites (tertiary alicyclic amines) is 1. The zero-order chi connectivity index (χ0) is 10.8. The maximum absolute atomic E-state index is 11.6. The Hall–Kier alpha value is -1.55. The molecule has 1 heterocycles. The highest BCUT2D eigenvalue weighted by atomic mass is 16.3. The lowest BCUT2D eigenvalue weighted by Gasteiger charge is -2.35.